The smallest absolute Gasteiger partial charge is 0.300 e. The Hall–Kier alpha value is -3.74. The molecular formula is C25H27N5O2. The van der Waals surface area contributed by atoms with Crippen molar-refractivity contribution >= 4 is 11.6 Å². The lowest BCUT2D eigenvalue weighted by molar-refractivity contribution is -0.121. The zero-order valence-corrected chi connectivity index (χ0v) is 18.6. The van der Waals surface area contributed by atoms with Gasteiger partial charge in [0.25, 0.3) is 0 Å². The maximum atomic E-state index is 13.0. The van der Waals surface area contributed by atoms with Gasteiger partial charge in [-0.1, -0.05) is 36.4 Å². The molecule has 1 atom stereocenters. The molecule has 7 nitrogen and oxygen atoms in total. The summed E-state index contributed by atoms with van der Waals surface area (Å²) in [5.41, 5.74) is 4.23. The quantitative estimate of drug-likeness (QED) is 0.486. The molecule has 1 N–H and O–H groups in total. The number of hydrogen-bond acceptors (Lipinski definition) is 4. The molecule has 0 saturated carbocycles. The van der Waals surface area contributed by atoms with E-state index in [0.717, 1.165) is 16.8 Å². The van der Waals surface area contributed by atoms with Gasteiger partial charge < -0.3 is 5.32 Å². The predicted octanol–water partition coefficient (Wildman–Crippen LogP) is 3.70. The van der Waals surface area contributed by atoms with E-state index in [-0.39, 0.29) is 23.2 Å². The van der Waals surface area contributed by atoms with Crippen LogP contribution < -0.4 is 10.9 Å². The van der Waals surface area contributed by atoms with Gasteiger partial charge in [-0.2, -0.15) is 0 Å². The van der Waals surface area contributed by atoms with Crippen LogP contribution in [0.1, 0.15) is 48.3 Å². The van der Waals surface area contributed by atoms with Crippen molar-refractivity contribution in [2.24, 2.45) is 0 Å². The van der Waals surface area contributed by atoms with E-state index in [2.05, 4.69) is 15.5 Å². The molecule has 0 aliphatic heterocycles. The number of benzene rings is 2. The van der Waals surface area contributed by atoms with Gasteiger partial charge in [0.1, 0.15) is 5.82 Å². The second-order valence-electron chi connectivity index (χ2n) is 8.11. The van der Waals surface area contributed by atoms with Gasteiger partial charge in [0.2, 0.25) is 11.6 Å². The number of carbonyl (C=O) groups is 1. The summed E-state index contributed by atoms with van der Waals surface area (Å²) >= 11 is 0. The predicted molar refractivity (Wildman–Crippen MR) is 124 cm³/mol. The number of nitrogens with zero attached hydrogens (tertiary/aromatic N) is 4. The van der Waals surface area contributed by atoms with Crippen molar-refractivity contribution in [3.8, 4) is 5.69 Å². The Morgan fingerprint density at radius 3 is 2.56 bits per heavy atom. The number of fused-ring (bicyclic) bond motifs is 1. The molecule has 0 bridgehead atoms. The Kier molecular flexibility index (Phi) is 6.16. The molecule has 0 aliphatic carbocycles. The Morgan fingerprint density at radius 2 is 1.81 bits per heavy atom. The first-order chi connectivity index (χ1) is 15.4. The minimum absolute atomic E-state index is 0.00716. The largest absolute Gasteiger partial charge is 0.350 e. The molecule has 0 radical (unpaired) electrons. The molecule has 2 aromatic carbocycles. The fourth-order valence-corrected chi connectivity index (χ4v) is 3.73. The highest BCUT2D eigenvalue weighted by molar-refractivity contribution is 5.76. The third-order valence-corrected chi connectivity index (χ3v) is 5.79. The molecule has 32 heavy (non-hydrogen) atoms. The summed E-state index contributed by atoms with van der Waals surface area (Å²) in [6.07, 6.45) is 5.10. The molecule has 0 fully saturated rings. The van der Waals surface area contributed by atoms with Crippen LogP contribution in [0.5, 0.6) is 0 Å². The highest BCUT2D eigenvalue weighted by Gasteiger charge is 2.13. The fourth-order valence-electron chi connectivity index (χ4n) is 3.73. The minimum Gasteiger partial charge on any atom is -0.350 e. The van der Waals surface area contributed by atoms with Crippen molar-refractivity contribution in [3.63, 3.8) is 0 Å². The van der Waals surface area contributed by atoms with Crippen molar-refractivity contribution in [2.45, 2.75) is 46.1 Å². The second kappa shape index (κ2) is 9.18. The number of amides is 1. The number of carbonyl (C=O) groups excluding carboxylic acids is 1. The number of rotatable bonds is 7. The number of hydrogen-bond donors (Lipinski definition) is 1. The van der Waals surface area contributed by atoms with Crippen LogP contribution in [0.2, 0.25) is 0 Å². The summed E-state index contributed by atoms with van der Waals surface area (Å²) in [7, 11) is 0. The third kappa shape index (κ3) is 4.46. The molecule has 7 heteroatoms. The van der Waals surface area contributed by atoms with Gasteiger partial charge in [-0.15, -0.1) is 10.2 Å². The summed E-state index contributed by atoms with van der Waals surface area (Å²) < 4.78 is 3.29. The van der Waals surface area contributed by atoms with Gasteiger partial charge in [-0.05, 0) is 56.0 Å². The van der Waals surface area contributed by atoms with E-state index in [0.29, 0.717) is 25.1 Å². The van der Waals surface area contributed by atoms with Gasteiger partial charge in [0, 0.05) is 30.9 Å². The standard InChI is InChI=1S/C25H27N5O2/c1-17-12-13-21(16-18(17)2)29-14-15-30-22(27-28-24(30)25(29)32)10-7-11-23(31)26-19(3)20-8-5-4-6-9-20/h4-6,8-9,12-16,19H,7,10-11H2,1-3H3,(H,26,31). The van der Waals surface area contributed by atoms with Crippen LogP contribution in [-0.2, 0) is 11.2 Å². The SMILES string of the molecule is Cc1ccc(-n2ccn3c(CCCC(=O)NC(C)c4ccccc4)nnc3c2=O)cc1C. The molecule has 0 spiro atoms. The van der Waals surface area contributed by atoms with Crippen LogP contribution in [0.25, 0.3) is 11.3 Å². The Morgan fingerprint density at radius 1 is 1.03 bits per heavy atom. The first-order valence-electron chi connectivity index (χ1n) is 10.8. The number of aryl methyl sites for hydroxylation is 3. The summed E-state index contributed by atoms with van der Waals surface area (Å²) in [6.45, 7) is 6.03. The molecular weight excluding hydrogens is 402 g/mol. The lowest BCUT2D eigenvalue weighted by atomic mass is 10.1. The van der Waals surface area contributed by atoms with E-state index in [1.54, 1.807) is 21.4 Å². The molecule has 2 heterocycles. The van der Waals surface area contributed by atoms with E-state index < -0.39 is 0 Å². The minimum atomic E-state index is -0.219. The zero-order chi connectivity index (χ0) is 22.7. The first-order valence-corrected chi connectivity index (χ1v) is 10.8. The Bertz CT molecular complexity index is 1310. The molecule has 4 rings (SSSR count). The van der Waals surface area contributed by atoms with E-state index in [9.17, 15) is 9.59 Å². The van der Waals surface area contributed by atoms with Crippen molar-refractivity contribution in [1.29, 1.82) is 0 Å². The average Bonchev–Trinajstić information content (AvgIpc) is 3.20. The van der Waals surface area contributed by atoms with E-state index >= 15 is 0 Å². The molecule has 164 valence electrons. The fraction of sp³-hybridized carbons (Fsp3) is 0.280. The van der Waals surface area contributed by atoms with Crippen LogP contribution in [-0.4, -0.2) is 25.1 Å². The Balaban J connectivity index is 1.42. The molecule has 0 saturated heterocycles. The Labute approximate surface area is 186 Å². The van der Waals surface area contributed by atoms with Gasteiger partial charge in [-0.25, -0.2) is 0 Å². The lowest BCUT2D eigenvalue weighted by Crippen LogP contribution is -2.26. The van der Waals surface area contributed by atoms with Crippen molar-refractivity contribution in [2.75, 3.05) is 0 Å². The monoisotopic (exact) mass is 429 g/mol. The maximum Gasteiger partial charge on any atom is 0.300 e. The maximum absolute atomic E-state index is 13.0. The van der Waals surface area contributed by atoms with Gasteiger partial charge in [-0.3, -0.25) is 18.6 Å². The lowest BCUT2D eigenvalue weighted by Gasteiger charge is -2.14. The molecule has 1 unspecified atom stereocenters. The molecule has 4 aromatic rings. The summed E-state index contributed by atoms with van der Waals surface area (Å²) in [5.74, 6) is 0.667. The zero-order valence-electron chi connectivity index (χ0n) is 18.6. The van der Waals surface area contributed by atoms with Crippen molar-refractivity contribution in [3.05, 3.63) is 93.8 Å². The summed E-state index contributed by atoms with van der Waals surface area (Å²) in [6, 6.07) is 15.7. The second-order valence-corrected chi connectivity index (χ2v) is 8.11. The average molecular weight is 430 g/mol. The van der Waals surface area contributed by atoms with Crippen LogP contribution in [0.3, 0.4) is 0 Å². The number of aromatic nitrogens is 4. The van der Waals surface area contributed by atoms with Gasteiger partial charge in [0.15, 0.2) is 0 Å². The highest BCUT2D eigenvalue weighted by atomic mass is 16.1. The molecule has 0 aliphatic rings. The van der Waals surface area contributed by atoms with Crippen LogP contribution >= 0.6 is 0 Å². The normalized spacial score (nSPS) is 12.1. The van der Waals surface area contributed by atoms with E-state index in [1.807, 2.05) is 69.3 Å². The topological polar surface area (TPSA) is 81.3 Å². The number of nitrogens with one attached hydrogen (secondary N) is 1. The van der Waals surface area contributed by atoms with Gasteiger partial charge >= 0.3 is 5.56 Å². The van der Waals surface area contributed by atoms with Crippen molar-refractivity contribution < 1.29 is 4.79 Å². The van der Waals surface area contributed by atoms with Crippen molar-refractivity contribution in [1.82, 2.24) is 24.5 Å². The summed E-state index contributed by atoms with van der Waals surface area (Å²) in [5, 5.41) is 11.3. The van der Waals surface area contributed by atoms with Crippen LogP contribution in [0.4, 0.5) is 0 Å². The molecule has 1 amide bonds. The highest BCUT2D eigenvalue weighted by Crippen LogP contribution is 2.14. The van der Waals surface area contributed by atoms with Gasteiger partial charge in [0.05, 0.1) is 6.04 Å². The summed E-state index contributed by atoms with van der Waals surface area (Å²) in [4.78, 5) is 25.3. The van der Waals surface area contributed by atoms with Crippen LogP contribution in [0.15, 0.2) is 65.7 Å². The first kappa shape index (κ1) is 21.5. The van der Waals surface area contributed by atoms with E-state index in [4.69, 9.17) is 0 Å². The molecule has 2 aromatic heterocycles. The van der Waals surface area contributed by atoms with E-state index in [1.165, 1.54) is 5.56 Å². The van der Waals surface area contributed by atoms with Crippen LogP contribution in [0, 0.1) is 13.8 Å². The third-order valence-electron chi connectivity index (χ3n) is 5.79.